The molecule has 39 heavy (non-hydrogen) atoms. The van der Waals surface area contributed by atoms with Gasteiger partial charge in [-0.15, -0.1) is 0 Å². The van der Waals surface area contributed by atoms with E-state index in [2.05, 4.69) is 10.3 Å². The number of alkyl halides is 6. The third-order valence-electron chi connectivity index (χ3n) is 6.69. The van der Waals surface area contributed by atoms with Crippen LogP contribution in [0.15, 0.2) is 48.8 Å². The minimum atomic E-state index is -4.66. The van der Waals surface area contributed by atoms with E-state index in [1.807, 2.05) is 19.0 Å². The Kier molecular flexibility index (Phi) is 6.33. The van der Waals surface area contributed by atoms with Crippen molar-refractivity contribution in [3.63, 3.8) is 0 Å². The van der Waals surface area contributed by atoms with Crippen molar-refractivity contribution < 1.29 is 35.9 Å². The number of benzene rings is 2. The molecule has 0 bridgehead atoms. The highest BCUT2D eigenvalue weighted by Crippen LogP contribution is 2.41. The number of nitrogens with zero attached hydrogens (tertiary/aromatic N) is 2. The molecule has 6 nitrogen and oxygen atoms in total. The molecule has 12 heteroatoms. The number of aromatic nitrogens is 2. The van der Waals surface area contributed by atoms with E-state index in [1.165, 1.54) is 24.5 Å². The Bertz CT molecular complexity index is 1660. The predicted octanol–water partition coefficient (Wildman–Crippen LogP) is 5.68. The van der Waals surface area contributed by atoms with E-state index >= 15 is 0 Å². The molecule has 2 aromatic carbocycles. The Labute approximate surface area is 217 Å². The largest absolute Gasteiger partial charge is 0.416 e. The summed E-state index contributed by atoms with van der Waals surface area (Å²) in [4.78, 5) is 30.8. The van der Waals surface area contributed by atoms with Gasteiger partial charge in [0.05, 0.1) is 22.3 Å². The Morgan fingerprint density at radius 2 is 1.41 bits per heavy atom. The van der Waals surface area contributed by atoms with E-state index in [4.69, 9.17) is 0 Å². The number of carbonyl (C=O) groups excluding carboxylic acids is 2. The molecule has 0 unspecified atom stereocenters. The van der Waals surface area contributed by atoms with Crippen LogP contribution in [0.3, 0.4) is 0 Å². The first kappa shape index (κ1) is 26.5. The molecular weight excluding hydrogens is 526 g/mol. The fraction of sp³-hybridized carbons (Fsp3) is 0.259. The first-order valence-electron chi connectivity index (χ1n) is 11.9. The minimum absolute atomic E-state index is 0.0370. The van der Waals surface area contributed by atoms with Crippen LogP contribution in [0.2, 0.25) is 0 Å². The molecular formula is C27H22F6N4O2. The molecule has 204 valence electrons. The molecule has 0 saturated heterocycles. The van der Waals surface area contributed by atoms with Crippen molar-refractivity contribution in [1.29, 1.82) is 0 Å². The van der Waals surface area contributed by atoms with Crippen molar-refractivity contribution >= 4 is 44.8 Å². The summed E-state index contributed by atoms with van der Waals surface area (Å²) in [5.74, 6) is -1.70. The van der Waals surface area contributed by atoms with Gasteiger partial charge >= 0.3 is 12.4 Å². The number of aryl methyl sites for hydroxylation is 1. The molecule has 1 aliphatic rings. The fourth-order valence-electron chi connectivity index (χ4n) is 4.89. The number of rotatable bonds is 6. The second kappa shape index (κ2) is 9.30. The summed E-state index contributed by atoms with van der Waals surface area (Å²) in [5, 5.41) is 2.31. The van der Waals surface area contributed by atoms with Crippen LogP contribution in [0.5, 0.6) is 0 Å². The van der Waals surface area contributed by atoms with E-state index in [0.29, 0.717) is 30.5 Å². The van der Waals surface area contributed by atoms with Gasteiger partial charge in [0, 0.05) is 51.9 Å². The first-order chi connectivity index (χ1) is 18.3. The van der Waals surface area contributed by atoms with Crippen LogP contribution in [-0.2, 0) is 28.5 Å². The quantitative estimate of drug-likeness (QED) is 0.241. The number of H-pyrrole nitrogens is 1. The molecule has 3 heterocycles. The van der Waals surface area contributed by atoms with Crippen LogP contribution in [0.4, 0.5) is 26.3 Å². The maximum atomic E-state index is 13.6. The highest BCUT2D eigenvalue weighted by Gasteiger charge is 2.37. The lowest BCUT2D eigenvalue weighted by molar-refractivity contribution is -0.138. The van der Waals surface area contributed by atoms with Crippen molar-refractivity contribution in [2.45, 2.75) is 25.3 Å². The minimum Gasteiger partial charge on any atom is -0.361 e. The second-order valence-electron chi connectivity index (χ2n) is 9.62. The van der Waals surface area contributed by atoms with E-state index in [9.17, 15) is 35.9 Å². The van der Waals surface area contributed by atoms with Gasteiger partial charge in [-0.2, -0.15) is 26.3 Å². The van der Waals surface area contributed by atoms with Gasteiger partial charge in [-0.25, -0.2) is 0 Å². The molecule has 4 aromatic rings. The highest BCUT2D eigenvalue weighted by molar-refractivity contribution is 6.50. The Hall–Kier alpha value is -4.06. The summed E-state index contributed by atoms with van der Waals surface area (Å²) in [6.45, 7) is 1.11. The highest BCUT2D eigenvalue weighted by atomic mass is 19.4. The lowest BCUT2D eigenvalue weighted by Crippen LogP contribution is -2.22. The van der Waals surface area contributed by atoms with Gasteiger partial charge in [0.2, 0.25) is 0 Å². The Morgan fingerprint density at radius 1 is 0.821 bits per heavy atom. The number of nitrogens with one attached hydrogen (secondary N) is 2. The zero-order valence-electron chi connectivity index (χ0n) is 20.7. The summed E-state index contributed by atoms with van der Waals surface area (Å²) in [6.07, 6.45) is -5.83. The summed E-state index contributed by atoms with van der Waals surface area (Å²) < 4.78 is 82.8. The maximum absolute atomic E-state index is 13.6. The predicted molar refractivity (Wildman–Crippen MR) is 133 cm³/mol. The van der Waals surface area contributed by atoms with Crippen LogP contribution in [0.1, 0.15) is 28.7 Å². The van der Waals surface area contributed by atoms with E-state index in [0.717, 1.165) is 24.3 Å². The molecule has 0 spiro atoms. The summed E-state index contributed by atoms with van der Waals surface area (Å²) in [6, 6.07) is 6.15. The Balaban J connectivity index is 1.76. The molecule has 5 rings (SSSR count). The number of aromatic amines is 1. The third-order valence-corrected chi connectivity index (χ3v) is 6.69. The smallest absolute Gasteiger partial charge is 0.361 e. The number of imide groups is 1. The van der Waals surface area contributed by atoms with Crippen molar-refractivity contribution in [3.8, 4) is 0 Å². The van der Waals surface area contributed by atoms with Crippen LogP contribution in [0.25, 0.3) is 33.0 Å². The molecule has 2 N–H and O–H groups in total. The average molecular weight is 548 g/mol. The number of fused-ring (bicyclic) bond motifs is 2. The van der Waals surface area contributed by atoms with Crippen molar-refractivity contribution in [2.75, 3.05) is 20.6 Å². The molecule has 2 aromatic heterocycles. The topological polar surface area (TPSA) is 70.1 Å². The van der Waals surface area contributed by atoms with Crippen LogP contribution < -0.4 is 5.32 Å². The Morgan fingerprint density at radius 3 is 2.03 bits per heavy atom. The number of hydrogen-bond donors (Lipinski definition) is 2. The molecule has 0 radical (unpaired) electrons. The lowest BCUT2D eigenvalue weighted by atomic mass is 9.94. The molecule has 1 aliphatic heterocycles. The fourth-order valence-corrected chi connectivity index (χ4v) is 4.89. The summed E-state index contributed by atoms with van der Waals surface area (Å²) in [7, 11) is 3.76. The summed E-state index contributed by atoms with van der Waals surface area (Å²) in [5.41, 5.74) is -1.46. The third kappa shape index (κ3) is 4.80. The van der Waals surface area contributed by atoms with Gasteiger partial charge in [-0.3, -0.25) is 14.9 Å². The SMILES string of the molecule is CN(C)CCCn1cc(C2=C(c3c[nH]c4ccc(C(F)(F)F)cc34)C(=O)NC2=O)c2cc(C(F)(F)F)ccc21. The van der Waals surface area contributed by atoms with Crippen LogP contribution in [0, 0.1) is 0 Å². The maximum Gasteiger partial charge on any atom is 0.416 e. The van der Waals surface area contributed by atoms with Gasteiger partial charge in [-0.05, 0) is 63.5 Å². The first-order valence-corrected chi connectivity index (χ1v) is 11.9. The van der Waals surface area contributed by atoms with Crippen molar-refractivity contribution in [3.05, 3.63) is 71.0 Å². The van der Waals surface area contributed by atoms with Gasteiger partial charge in [0.25, 0.3) is 11.8 Å². The van der Waals surface area contributed by atoms with E-state index < -0.39 is 35.3 Å². The van der Waals surface area contributed by atoms with Crippen LogP contribution in [-0.4, -0.2) is 46.9 Å². The van der Waals surface area contributed by atoms with E-state index in [-0.39, 0.29) is 33.0 Å². The summed E-state index contributed by atoms with van der Waals surface area (Å²) >= 11 is 0. The number of carbonyl (C=O) groups is 2. The molecule has 0 atom stereocenters. The van der Waals surface area contributed by atoms with E-state index in [1.54, 1.807) is 4.57 Å². The van der Waals surface area contributed by atoms with Crippen molar-refractivity contribution in [1.82, 2.24) is 19.8 Å². The lowest BCUT2D eigenvalue weighted by Gasteiger charge is -2.11. The normalized spacial score (nSPS) is 14.9. The monoisotopic (exact) mass is 548 g/mol. The molecule has 0 aliphatic carbocycles. The van der Waals surface area contributed by atoms with Gasteiger partial charge in [0.1, 0.15) is 0 Å². The average Bonchev–Trinajstić information content (AvgIpc) is 3.49. The standard InChI is InChI=1S/C27H22F6N4O2/c1-36(2)8-3-9-37-13-19(17-11-15(27(31,32)33)5-7-21(17)37)23-22(24(38)35-25(23)39)18-12-34-20-6-4-14(10-16(18)20)26(28,29)30/h4-7,10-13,34H,3,8-9H2,1-2H3,(H,35,38,39). The zero-order chi connectivity index (χ0) is 28.3. The van der Waals surface area contributed by atoms with Gasteiger partial charge in [0.15, 0.2) is 0 Å². The van der Waals surface area contributed by atoms with Gasteiger partial charge in [-0.1, -0.05) is 0 Å². The number of halogens is 6. The molecule has 0 fully saturated rings. The molecule has 2 amide bonds. The zero-order valence-corrected chi connectivity index (χ0v) is 20.7. The second-order valence-corrected chi connectivity index (χ2v) is 9.62. The van der Waals surface area contributed by atoms with Gasteiger partial charge < -0.3 is 14.5 Å². The number of amides is 2. The van der Waals surface area contributed by atoms with Crippen LogP contribution >= 0.6 is 0 Å². The molecule has 0 saturated carbocycles. The van der Waals surface area contributed by atoms with Crippen molar-refractivity contribution in [2.24, 2.45) is 0 Å². The number of hydrogen-bond acceptors (Lipinski definition) is 3.